The van der Waals surface area contributed by atoms with Gasteiger partial charge in [-0.1, -0.05) is 44.2 Å². The Hall–Kier alpha value is -0.820. The van der Waals surface area contributed by atoms with E-state index in [4.69, 9.17) is 5.73 Å². The molecule has 0 saturated heterocycles. The summed E-state index contributed by atoms with van der Waals surface area (Å²) in [5, 5.41) is 0. The van der Waals surface area contributed by atoms with Gasteiger partial charge in [-0.2, -0.15) is 0 Å². The minimum Gasteiger partial charge on any atom is -0.330 e. The molecule has 0 bridgehead atoms. The molecule has 0 amide bonds. The van der Waals surface area contributed by atoms with Crippen molar-refractivity contribution in [2.45, 2.75) is 38.5 Å². The largest absolute Gasteiger partial charge is 0.330 e. The molecule has 1 heteroatoms. The van der Waals surface area contributed by atoms with Gasteiger partial charge in [0.05, 0.1) is 0 Å². The first-order chi connectivity index (χ1) is 6.79. The van der Waals surface area contributed by atoms with Crippen LogP contribution < -0.4 is 5.73 Å². The fraction of sp³-hybridized carbons (Fsp3) is 0.538. The van der Waals surface area contributed by atoms with Crippen LogP contribution in [0.2, 0.25) is 0 Å². The van der Waals surface area contributed by atoms with Gasteiger partial charge in [0.2, 0.25) is 0 Å². The van der Waals surface area contributed by atoms with E-state index < -0.39 is 0 Å². The molecule has 0 radical (unpaired) electrons. The van der Waals surface area contributed by atoms with Crippen molar-refractivity contribution in [3.8, 4) is 0 Å². The van der Waals surface area contributed by atoms with Crippen molar-refractivity contribution in [1.82, 2.24) is 0 Å². The van der Waals surface area contributed by atoms with Crippen LogP contribution in [0, 0.1) is 0 Å². The van der Waals surface area contributed by atoms with E-state index in [1.54, 1.807) is 0 Å². The Bertz CT molecular complexity index is 249. The van der Waals surface area contributed by atoms with E-state index in [0.29, 0.717) is 5.41 Å². The Morgan fingerprint density at radius 3 is 2.07 bits per heavy atom. The lowest BCUT2D eigenvalue weighted by Crippen LogP contribution is -2.27. The number of hydrogen-bond acceptors (Lipinski definition) is 1. The van der Waals surface area contributed by atoms with Gasteiger partial charge in [0.1, 0.15) is 0 Å². The zero-order valence-electron chi connectivity index (χ0n) is 9.29. The third kappa shape index (κ3) is 2.16. The second-order valence-electron chi connectivity index (χ2n) is 3.89. The average molecular weight is 191 g/mol. The van der Waals surface area contributed by atoms with Crippen LogP contribution >= 0.6 is 0 Å². The lowest BCUT2D eigenvalue weighted by molar-refractivity contribution is 0.371. The predicted octanol–water partition coefficient (Wildman–Crippen LogP) is 3.09. The van der Waals surface area contributed by atoms with Crippen molar-refractivity contribution < 1.29 is 0 Å². The topological polar surface area (TPSA) is 26.0 Å². The second kappa shape index (κ2) is 5.16. The minimum atomic E-state index is 0.302. The van der Waals surface area contributed by atoms with Crippen molar-refractivity contribution in [2.75, 3.05) is 6.54 Å². The third-order valence-corrected chi connectivity index (χ3v) is 3.36. The molecule has 0 aliphatic carbocycles. The summed E-state index contributed by atoms with van der Waals surface area (Å²) in [4.78, 5) is 0. The Morgan fingerprint density at radius 1 is 1.07 bits per heavy atom. The Morgan fingerprint density at radius 2 is 1.64 bits per heavy atom. The average Bonchev–Trinajstić information content (AvgIpc) is 2.27. The van der Waals surface area contributed by atoms with Gasteiger partial charge < -0.3 is 5.73 Å². The molecular weight excluding hydrogens is 170 g/mol. The van der Waals surface area contributed by atoms with Crippen LogP contribution in [0.5, 0.6) is 0 Å². The first kappa shape index (κ1) is 11.3. The summed E-state index contributed by atoms with van der Waals surface area (Å²) in [5.74, 6) is 0. The SMILES string of the molecule is CCC(CC)(CCN)c1ccccc1. The fourth-order valence-electron chi connectivity index (χ4n) is 2.22. The smallest absolute Gasteiger partial charge is 0.00402 e. The van der Waals surface area contributed by atoms with Crippen LogP contribution in [0.1, 0.15) is 38.7 Å². The molecule has 1 nitrogen and oxygen atoms in total. The van der Waals surface area contributed by atoms with E-state index in [1.807, 2.05) is 0 Å². The van der Waals surface area contributed by atoms with Crippen LogP contribution in [0.4, 0.5) is 0 Å². The van der Waals surface area contributed by atoms with Gasteiger partial charge in [-0.3, -0.25) is 0 Å². The summed E-state index contributed by atoms with van der Waals surface area (Å²) < 4.78 is 0. The molecule has 0 atom stereocenters. The predicted molar refractivity (Wildman–Crippen MR) is 62.4 cm³/mol. The number of rotatable bonds is 5. The number of nitrogens with two attached hydrogens (primary N) is 1. The first-order valence-electron chi connectivity index (χ1n) is 5.54. The maximum Gasteiger partial charge on any atom is -0.00402 e. The van der Waals surface area contributed by atoms with Gasteiger partial charge in [0.25, 0.3) is 0 Å². The Balaban J connectivity index is 2.98. The fourth-order valence-corrected chi connectivity index (χ4v) is 2.22. The molecule has 2 N–H and O–H groups in total. The van der Waals surface area contributed by atoms with Crippen LogP contribution in [0.3, 0.4) is 0 Å². The van der Waals surface area contributed by atoms with E-state index in [2.05, 4.69) is 44.2 Å². The van der Waals surface area contributed by atoms with Crippen molar-refractivity contribution in [1.29, 1.82) is 0 Å². The molecule has 0 fully saturated rings. The first-order valence-corrected chi connectivity index (χ1v) is 5.54. The zero-order chi connectivity index (χ0) is 10.4. The number of benzene rings is 1. The molecule has 0 unspecified atom stereocenters. The van der Waals surface area contributed by atoms with Crippen molar-refractivity contribution in [2.24, 2.45) is 5.73 Å². The van der Waals surface area contributed by atoms with E-state index in [9.17, 15) is 0 Å². The van der Waals surface area contributed by atoms with Crippen molar-refractivity contribution in [3.63, 3.8) is 0 Å². The van der Waals surface area contributed by atoms with Gasteiger partial charge in [0.15, 0.2) is 0 Å². The molecular formula is C13H21N. The van der Waals surface area contributed by atoms with Gasteiger partial charge in [0, 0.05) is 0 Å². The normalized spacial score (nSPS) is 11.6. The zero-order valence-corrected chi connectivity index (χ0v) is 9.29. The Labute approximate surface area is 87.3 Å². The third-order valence-electron chi connectivity index (χ3n) is 3.36. The maximum atomic E-state index is 5.70. The molecule has 1 rings (SSSR count). The van der Waals surface area contributed by atoms with Crippen LogP contribution in [-0.2, 0) is 5.41 Å². The molecule has 14 heavy (non-hydrogen) atoms. The van der Waals surface area contributed by atoms with Gasteiger partial charge in [-0.25, -0.2) is 0 Å². The van der Waals surface area contributed by atoms with Gasteiger partial charge >= 0.3 is 0 Å². The molecule has 0 saturated carbocycles. The van der Waals surface area contributed by atoms with Gasteiger partial charge in [-0.15, -0.1) is 0 Å². The van der Waals surface area contributed by atoms with Crippen LogP contribution in [-0.4, -0.2) is 6.54 Å². The summed E-state index contributed by atoms with van der Waals surface area (Å²) in [6.45, 7) is 5.29. The summed E-state index contributed by atoms with van der Waals surface area (Å²) in [6, 6.07) is 10.8. The molecule has 0 aliphatic rings. The monoisotopic (exact) mass is 191 g/mol. The highest BCUT2D eigenvalue weighted by atomic mass is 14.5. The van der Waals surface area contributed by atoms with E-state index in [-0.39, 0.29) is 0 Å². The second-order valence-corrected chi connectivity index (χ2v) is 3.89. The van der Waals surface area contributed by atoms with Crippen molar-refractivity contribution in [3.05, 3.63) is 35.9 Å². The summed E-state index contributed by atoms with van der Waals surface area (Å²) in [7, 11) is 0. The molecule has 0 aliphatic heterocycles. The van der Waals surface area contributed by atoms with Crippen molar-refractivity contribution >= 4 is 0 Å². The van der Waals surface area contributed by atoms with E-state index in [0.717, 1.165) is 13.0 Å². The lowest BCUT2D eigenvalue weighted by atomic mass is 9.73. The summed E-state index contributed by atoms with van der Waals surface area (Å²) in [5.41, 5.74) is 7.44. The minimum absolute atomic E-state index is 0.302. The quantitative estimate of drug-likeness (QED) is 0.760. The summed E-state index contributed by atoms with van der Waals surface area (Å²) in [6.07, 6.45) is 3.43. The van der Waals surface area contributed by atoms with Crippen LogP contribution in [0.25, 0.3) is 0 Å². The van der Waals surface area contributed by atoms with E-state index >= 15 is 0 Å². The molecule has 0 spiro atoms. The van der Waals surface area contributed by atoms with E-state index in [1.165, 1.54) is 18.4 Å². The molecule has 78 valence electrons. The molecule has 1 aromatic rings. The van der Waals surface area contributed by atoms with Crippen LogP contribution in [0.15, 0.2) is 30.3 Å². The maximum absolute atomic E-state index is 5.70. The molecule has 0 aromatic heterocycles. The highest BCUT2D eigenvalue weighted by molar-refractivity contribution is 5.25. The highest BCUT2D eigenvalue weighted by Crippen LogP contribution is 2.34. The lowest BCUT2D eigenvalue weighted by Gasteiger charge is -2.32. The highest BCUT2D eigenvalue weighted by Gasteiger charge is 2.26. The molecule has 0 heterocycles. The standard InChI is InChI=1S/C13H21N/c1-3-13(4-2,10-11-14)12-8-6-5-7-9-12/h5-9H,3-4,10-11,14H2,1-2H3. The summed E-state index contributed by atoms with van der Waals surface area (Å²) >= 11 is 0. The molecule has 1 aromatic carbocycles. The Kier molecular flexibility index (Phi) is 4.15. The number of hydrogen-bond donors (Lipinski definition) is 1. The van der Waals surface area contributed by atoms with Gasteiger partial charge in [-0.05, 0) is 36.8 Å².